The lowest BCUT2D eigenvalue weighted by molar-refractivity contribution is 0.0789. The summed E-state index contributed by atoms with van der Waals surface area (Å²) in [5, 5.41) is 2.87. The van der Waals surface area contributed by atoms with Gasteiger partial charge in [0.25, 0.3) is 5.91 Å². The summed E-state index contributed by atoms with van der Waals surface area (Å²) < 4.78 is 13.0. The second-order valence-electron chi connectivity index (χ2n) is 5.20. The summed E-state index contributed by atoms with van der Waals surface area (Å²) >= 11 is 3.02. The van der Waals surface area contributed by atoms with Crippen LogP contribution in [0.3, 0.4) is 0 Å². The zero-order valence-corrected chi connectivity index (χ0v) is 14.4. The van der Waals surface area contributed by atoms with Gasteiger partial charge in [0.15, 0.2) is 0 Å². The van der Waals surface area contributed by atoms with Gasteiger partial charge in [-0.3, -0.25) is 4.79 Å². The van der Waals surface area contributed by atoms with Crippen LogP contribution in [0.25, 0.3) is 9.88 Å². The molecule has 118 valence electrons. The van der Waals surface area contributed by atoms with Crippen molar-refractivity contribution in [1.29, 1.82) is 0 Å². The molecule has 0 saturated carbocycles. The molecule has 0 aliphatic heterocycles. The van der Waals surface area contributed by atoms with Gasteiger partial charge in [0.05, 0.1) is 10.6 Å². The van der Waals surface area contributed by atoms with Crippen molar-refractivity contribution in [2.24, 2.45) is 0 Å². The highest BCUT2D eigenvalue weighted by Crippen LogP contribution is 2.31. The number of rotatable bonds is 4. The molecule has 1 amide bonds. The molecule has 3 aromatic rings. The Hall–Kier alpha value is -2.05. The molecule has 2 heterocycles. The number of aryl methyl sites for hydroxylation is 1. The third-order valence-electron chi connectivity index (χ3n) is 3.40. The van der Waals surface area contributed by atoms with Crippen molar-refractivity contribution >= 4 is 28.6 Å². The Morgan fingerprint density at radius 3 is 2.65 bits per heavy atom. The van der Waals surface area contributed by atoms with Crippen molar-refractivity contribution in [2.45, 2.75) is 13.5 Å². The summed E-state index contributed by atoms with van der Waals surface area (Å²) in [5.41, 5.74) is 1.64. The van der Waals surface area contributed by atoms with E-state index in [-0.39, 0.29) is 11.7 Å². The van der Waals surface area contributed by atoms with Crippen LogP contribution in [0.1, 0.15) is 20.9 Å². The van der Waals surface area contributed by atoms with Crippen LogP contribution < -0.4 is 0 Å². The molecule has 0 unspecified atom stereocenters. The van der Waals surface area contributed by atoms with Crippen molar-refractivity contribution in [3.05, 3.63) is 63.7 Å². The second-order valence-corrected chi connectivity index (χ2v) is 7.15. The molecule has 6 heteroatoms. The first kappa shape index (κ1) is 15.8. The van der Waals surface area contributed by atoms with Crippen LogP contribution in [0.4, 0.5) is 4.39 Å². The van der Waals surface area contributed by atoms with Crippen molar-refractivity contribution in [3.8, 4) is 9.88 Å². The topological polar surface area (TPSA) is 33.2 Å². The average Bonchev–Trinajstić information content (AvgIpc) is 3.18. The van der Waals surface area contributed by atoms with Gasteiger partial charge in [0.1, 0.15) is 15.7 Å². The minimum Gasteiger partial charge on any atom is -0.337 e. The number of aromatic nitrogens is 1. The Bertz CT molecular complexity index is 810. The van der Waals surface area contributed by atoms with Gasteiger partial charge in [0, 0.05) is 13.6 Å². The van der Waals surface area contributed by atoms with Crippen LogP contribution >= 0.6 is 22.7 Å². The lowest BCUT2D eigenvalue weighted by atomic mass is 10.2. The molecule has 0 spiro atoms. The number of halogens is 1. The lowest BCUT2D eigenvalue weighted by Crippen LogP contribution is -2.26. The molecule has 0 atom stereocenters. The molecule has 0 aliphatic rings. The fourth-order valence-corrected chi connectivity index (χ4v) is 4.07. The van der Waals surface area contributed by atoms with Crippen molar-refractivity contribution in [2.75, 3.05) is 7.05 Å². The highest BCUT2D eigenvalue weighted by molar-refractivity contribution is 7.22. The molecule has 0 N–H and O–H groups in total. The van der Waals surface area contributed by atoms with Crippen LogP contribution in [0, 0.1) is 12.7 Å². The van der Waals surface area contributed by atoms with Crippen molar-refractivity contribution in [3.63, 3.8) is 0 Å². The molecule has 3 nitrogen and oxygen atoms in total. The summed E-state index contributed by atoms with van der Waals surface area (Å²) in [4.78, 5) is 20.5. The molecule has 1 aromatic carbocycles. The molecule has 0 aliphatic carbocycles. The van der Waals surface area contributed by atoms with Gasteiger partial charge in [0.2, 0.25) is 0 Å². The van der Waals surface area contributed by atoms with E-state index in [1.54, 1.807) is 35.4 Å². The van der Waals surface area contributed by atoms with Gasteiger partial charge < -0.3 is 4.90 Å². The number of carbonyl (C=O) groups is 1. The second kappa shape index (κ2) is 6.60. The summed E-state index contributed by atoms with van der Waals surface area (Å²) in [6, 6.07) is 10.2. The fourth-order valence-electron chi connectivity index (χ4n) is 2.21. The summed E-state index contributed by atoms with van der Waals surface area (Å²) in [6.07, 6.45) is 0. The molecular formula is C17H15FN2OS2. The zero-order chi connectivity index (χ0) is 16.4. The highest BCUT2D eigenvalue weighted by atomic mass is 32.1. The monoisotopic (exact) mass is 346 g/mol. The van der Waals surface area contributed by atoms with Crippen LogP contribution in [0.2, 0.25) is 0 Å². The van der Waals surface area contributed by atoms with E-state index in [1.165, 1.54) is 23.5 Å². The quantitative estimate of drug-likeness (QED) is 0.692. The maximum Gasteiger partial charge on any atom is 0.265 e. The largest absolute Gasteiger partial charge is 0.337 e. The normalized spacial score (nSPS) is 10.7. The molecule has 0 bridgehead atoms. The average molecular weight is 346 g/mol. The number of thiophene rings is 1. The SMILES string of the molecule is Cc1nc(-c2cccs2)sc1C(=O)N(C)Cc1ccc(F)cc1. The zero-order valence-electron chi connectivity index (χ0n) is 12.7. The molecule has 23 heavy (non-hydrogen) atoms. The predicted octanol–water partition coefficient (Wildman–Crippen LogP) is 4.59. The van der Waals surface area contributed by atoms with E-state index in [2.05, 4.69) is 4.98 Å². The number of benzene rings is 1. The Balaban J connectivity index is 1.78. The smallest absolute Gasteiger partial charge is 0.265 e. The fraction of sp³-hybridized carbons (Fsp3) is 0.176. The number of hydrogen-bond acceptors (Lipinski definition) is 4. The van der Waals surface area contributed by atoms with E-state index in [1.807, 2.05) is 24.4 Å². The standard InChI is InChI=1S/C17H15FN2OS2/c1-11-15(23-16(19-11)14-4-3-9-22-14)17(21)20(2)10-12-5-7-13(18)8-6-12/h3-9H,10H2,1-2H3. The first-order chi connectivity index (χ1) is 11.0. The van der Waals surface area contributed by atoms with Crippen LogP contribution in [0.15, 0.2) is 41.8 Å². The number of carbonyl (C=O) groups excluding carboxylic acids is 1. The molecule has 3 rings (SSSR count). The highest BCUT2D eigenvalue weighted by Gasteiger charge is 2.20. The third kappa shape index (κ3) is 3.48. The Labute approximate surface area is 142 Å². The minimum absolute atomic E-state index is 0.0628. The Morgan fingerprint density at radius 2 is 2.00 bits per heavy atom. The number of nitrogens with zero attached hydrogens (tertiary/aromatic N) is 2. The third-order valence-corrected chi connectivity index (χ3v) is 5.59. The van der Waals surface area contributed by atoms with Crippen LogP contribution in [-0.2, 0) is 6.54 Å². The number of thiazole rings is 1. The van der Waals surface area contributed by atoms with Crippen LogP contribution in [0.5, 0.6) is 0 Å². The maximum absolute atomic E-state index is 13.0. The molecule has 0 fully saturated rings. The Morgan fingerprint density at radius 1 is 1.26 bits per heavy atom. The summed E-state index contributed by atoms with van der Waals surface area (Å²) in [7, 11) is 1.75. The van der Waals surface area contributed by atoms with E-state index in [4.69, 9.17) is 0 Å². The van der Waals surface area contributed by atoms with E-state index in [0.717, 1.165) is 21.1 Å². The van der Waals surface area contributed by atoms with Gasteiger partial charge in [-0.2, -0.15) is 0 Å². The van der Waals surface area contributed by atoms with E-state index < -0.39 is 0 Å². The van der Waals surface area contributed by atoms with E-state index in [9.17, 15) is 9.18 Å². The number of hydrogen-bond donors (Lipinski definition) is 0. The lowest BCUT2D eigenvalue weighted by Gasteiger charge is -2.16. The van der Waals surface area contributed by atoms with E-state index in [0.29, 0.717) is 11.4 Å². The minimum atomic E-state index is -0.276. The molecule has 0 saturated heterocycles. The predicted molar refractivity (Wildman–Crippen MR) is 92.4 cm³/mol. The summed E-state index contributed by atoms with van der Waals surface area (Å²) in [6.45, 7) is 2.29. The first-order valence-corrected chi connectivity index (χ1v) is 8.75. The molecule has 0 radical (unpaired) electrons. The van der Waals surface area contributed by atoms with Gasteiger partial charge in [-0.15, -0.1) is 22.7 Å². The van der Waals surface area contributed by atoms with Crippen molar-refractivity contribution < 1.29 is 9.18 Å². The molecule has 2 aromatic heterocycles. The van der Waals surface area contributed by atoms with Crippen molar-refractivity contribution in [1.82, 2.24) is 9.88 Å². The van der Waals surface area contributed by atoms with Gasteiger partial charge in [-0.1, -0.05) is 18.2 Å². The summed E-state index contributed by atoms with van der Waals surface area (Å²) in [5.74, 6) is -0.339. The van der Waals surface area contributed by atoms with Crippen LogP contribution in [-0.4, -0.2) is 22.8 Å². The van der Waals surface area contributed by atoms with Gasteiger partial charge in [-0.25, -0.2) is 9.37 Å². The Kier molecular flexibility index (Phi) is 4.54. The van der Waals surface area contributed by atoms with Gasteiger partial charge >= 0.3 is 0 Å². The number of amides is 1. The first-order valence-electron chi connectivity index (χ1n) is 7.06. The van der Waals surface area contributed by atoms with Gasteiger partial charge in [-0.05, 0) is 36.1 Å². The maximum atomic E-state index is 13.0. The molecular weight excluding hydrogens is 331 g/mol. The van der Waals surface area contributed by atoms with E-state index >= 15 is 0 Å².